The molecule has 1 N–H and O–H groups in total. The van der Waals surface area contributed by atoms with Crippen LogP contribution in [0.15, 0.2) is 18.2 Å². The number of fused-ring (bicyclic) bond motifs is 1. The van der Waals surface area contributed by atoms with Crippen LogP contribution < -0.4 is 10.2 Å². The summed E-state index contributed by atoms with van der Waals surface area (Å²) in [5.74, 6) is 0. The first kappa shape index (κ1) is 11.8. The second-order valence-corrected chi connectivity index (χ2v) is 5.79. The van der Waals surface area contributed by atoms with E-state index in [0.29, 0.717) is 12.1 Å². The van der Waals surface area contributed by atoms with Crippen molar-refractivity contribution in [2.75, 3.05) is 36.9 Å². The maximum Gasteiger partial charge on any atom is 0.0394 e. The van der Waals surface area contributed by atoms with Crippen LogP contribution in [0.4, 0.5) is 11.4 Å². The zero-order chi connectivity index (χ0) is 12.7. The normalized spacial score (nSPS) is 28.1. The summed E-state index contributed by atoms with van der Waals surface area (Å²) in [4.78, 5) is 5.00. The Morgan fingerprint density at radius 2 is 1.89 bits per heavy atom. The van der Waals surface area contributed by atoms with E-state index in [0.717, 1.165) is 19.6 Å². The topological polar surface area (TPSA) is 18.5 Å². The Kier molecular flexibility index (Phi) is 2.94. The SMILES string of the molecule is C[C@@H]1CN(c2ccc3c(c2)NCC3)C[C@H](C)N1C. The molecule has 3 heteroatoms. The minimum Gasteiger partial charge on any atom is -0.384 e. The molecular weight excluding hydrogens is 222 g/mol. The molecule has 0 aromatic heterocycles. The summed E-state index contributed by atoms with van der Waals surface area (Å²) in [6.45, 7) is 7.97. The van der Waals surface area contributed by atoms with Crippen molar-refractivity contribution >= 4 is 11.4 Å². The third kappa shape index (κ3) is 1.97. The van der Waals surface area contributed by atoms with Gasteiger partial charge in [-0.2, -0.15) is 0 Å². The molecule has 2 aliphatic rings. The fourth-order valence-corrected chi connectivity index (χ4v) is 3.09. The summed E-state index contributed by atoms with van der Waals surface area (Å²) in [5.41, 5.74) is 4.18. The fourth-order valence-electron chi connectivity index (χ4n) is 3.09. The molecule has 2 heterocycles. The molecule has 18 heavy (non-hydrogen) atoms. The number of hydrogen-bond donors (Lipinski definition) is 1. The maximum atomic E-state index is 3.47. The van der Waals surface area contributed by atoms with Gasteiger partial charge >= 0.3 is 0 Å². The van der Waals surface area contributed by atoms with E-state index in [2.05, 4.69) is 54.2 Å². The molecule has 98 valence electrons. The molecule has 0 radical (unpaired) electrons. The highest BCUT2D eigenvalue weighted by molar-refractivity contribution is 5.65. The molecule has 1 aromatic rings. The molecule has 2 atom stereocenters. The van der Waals surface area contributed by atoms with Gasteiger partial charge in [0, 0.05) is 43.1 Å². The molecule has 0 bridgehead atoms. The highest BCUT2D eigenvalue weighted by Crippen LogP contribution is 2.29. The van der Waals surface area contributed by atoms with Crippen LogP contribution in [-0.2, 0) is 6.42 Å². The highest BCUT2D eigenvalue weighted by Gasteiger charge is 2.27. The van der Waals surface area contributed by atoms with Gasteiger partial charge in [0.05, 0.1) is 0 Å². The van der Waals surface area contributed by atoms with Crippen molar-refractivity contribution in [3.05, 3.63) is 23.8 Å². The first-order valence-electron chi connectivity index (χ1n) is 6.99. The van der Waals surface area contributed by atoms with E-state index < -0.39 is 0 Å². The average molecular weight is 245 g/mol. The van der Waals surface area contributed by atoms with Crippen LogP contribution in [0.5, 0.6) is 0 Å². The van der Waals surface area contributed by atoms with Gasteiger partial charge in [-0.3, -0.25) is 4.90 Å². The van der Waals surface area contributed by atoms with E-state index in [1.54, 1.807) is 0 Å². The van der Waals surface area contributed by atoms with Gasteiger partial charge in [0.15, 0.2) is 0 Å². The Morgan fingerprint density at radius 1 is 1.17 bits per heavy atom. The van der Waals surface area contributed by atoms with Gasteiger partial charge in [0.25, 0.3) is 0 Å². The molecule has 0 saturated carbocycles. The Morgan fingerprint density at radius 3 is 2.61 bits per heavy atom. The van der Waals surface area contributed by atoms with E-state index in [4.69, 9.17) is 0 Å². The molecular formula is C15H23N3. The molecule has 3 nitrogen and oxygen atoms in total. The highest BCUT2D eigenvalue weighted by atomic mass is 15.3. The van der Waals surface area contributed by atoms with Gasteiger partial charge in [-0.25, -0.2) is 0 Å². The predicted molar refractivity (Wildman–Crippen MR) is 77.5 cm³/mol. The first-order chi connectivity index (χ1) is 8.65. The first-order valence-corrected chi connectivity index (χ1v) is 6.99. The van der Waals surface area contributed by atoms with Gasteiger partial charge in [-0.1, -0.05) is 6.07 Å². The average Bonchev–Trinajstić information content (AvgIpc) is 2.82. The lowest BCUT2D eigenvalue weighted by molar-refractivity contribution is 0.170. The third-order valence-electron chi connectivity index (χ3n) is 4.53. The molecule has 3 rings (SSSR count). The molecule has 0 amide bonds. The quantitative estimate of drug-likeness (QED) is 0.818. The maximum absolute atomic E-state index is 3.47. The lowest BCUT2D eigenvalue weighted by Gasteiger charge is -2.43. The lowest BCUT2D eigenvalue weighted by atomic mass is 10.1. The molecule has 2 aliphatic heterocycles. The van der Waals surface area contributed by atoms with E-state index in [9.17, 15) is 0 Å². The molecule has 1 saturated heterocycles. The smallest absolute Gasteiger partial charge is 0.0394 e. The molecule has 0 unspecified atom stereocenters. The van der Waals surface area contributed by atoms with E-state index in [1.807, 2.05) is 0 Å². The van der Waals surface area contributed by atoms with Crippen LogP contribution in [0.25, 0.3) is 0 Å². The summed E-state index contributed by atoms with van der Waals surface area (Å²) in [6, 6.07) is 8.15. The fraction of sp³-hybridized carbons (Fsp3) is 0.600. The van der Waals surface area contributed by atoms with Gasteiger partial charge in [0.1, 0.15) is 0 Å². The number of hydrogen-bond acceptors (Lipinski definition) is 3. The summed E-state index contributed by atoms with van der Waals surface area (Å²) in [7, 11) is 2.23. The van der Waals surface area contributed by atoms with Crippen molar-refractivity contribution in [3.8, 4) is 0 Å². The second kappa shape index (κ2) is 4.47. The Labute approximate surface area is 110 Å². The van der Waals surface area contributed by atoms with Crippen LogP contribution >= 0.6 is 0 Å². The molecule has 0 aliphatic carbocycles. The van der Waals surface area contributed by atoms with Crippen molar-refractivity contribution in [3.63, 3.8) is 0 Å². The lowest BCUT2D eigenvalue weighted by Crippen LogP contribution is -2.55. The van der Waals surface area contributed by atoms with Crippen molar-refractivity contribution in [2.45, 2.75) is 32.4 Å². The summed E-state index contributed by atoms with van der Waals surface area (Å²) >= 11 is 0. The van der Waals surface area contributed by atoms with Gasteiger partial charge in [-0.15, -0.1) is 0 Å². The second-order valence-electron chi connectivity index (χ2n) is 5.79. The molecule has 1 fully saturated rings. The number of anilines is 2. The Balaban J connectivity index is 1.82. The van der Waals surface area contributed by atoms with Gasteiger partial charge in [-0.05, 0) is 45.0 Å². The zero-order valence-corrected chi connectivity index (χ0v) is 11.6. The number of piperazine rings is 1. The van der Waals surface area contributed by atoms with Crippen molar-refractivity contribution in [2.24, 2.45) is 0 Å². The molecule has 0 spiro atoms. The zero-order valence-electron chi connectivity index (χ0n) is 11.6. The summed E-state index contributed by atoms with van der Waals surface area (Å²) in [5, 5.41) is 3.47. The number of likely N-dealkylation sites (N-methyl/N-ethyl adjacent to an activating group) is 1. The Hall–Kier alpha value is -1.22. The minimum atomic E-state index is 0.620. The van der Waals surface area contributed by atoms with Crippen molar-refractivity contribution < 1.29 is 0 Å². The van der Waals surface area contributed by atoms with Crippen LogP contribution in [0.2, 0.25) is 0 Å². The Bertz CT molecular complexity index is 431. The number of nitrogens with one attached hydrogen (secondary N) is 1. The third-order valence-corrected chi connectivity index (χ3v) is 4.53. The summed E-state index contributed by atoms with van der Waals surface area (Å²) in [6.07, 6.45) is 1.17. The van der Waals surface area contributed by atoms with Crippen molar-refractivity contribution in [1.82, 2.24) is 4.90 Å². The summed E-state index contributed by atoms with van der Waals surface area (Å²) < 4.78 is 0. The van der Waals surface area contributed by atoms with Gasteiger partial charge < -0.3 is 10.2 Å². The standard InChI is InChI=1S/C15H23N3/c1-11-9-18(10-12(2)17(11)3)14-5-4-13-6-7-16-15(13)8-14/h4-5,8,11-12,16H,6-7,9-10H2,1-3H3/t11-,12+. The van der Waals surface area contributed by atoms with Crippen LogP contribution in [-0.4, -0.2) is 43.7 Å². The minimum absolute atomic E-state index is 0.620. The van der Waals surface area contributed by atoms with E-state index in [1.165, 1.54) is 23.4 Å². The molecule has 1 aromatic carbocycles. The number of nitrogens with zero attached hydrogens (tertiary/aromatic N) is 2. The number of benzene rings is 1. The predicted octanol–water partition coefficient (Wildman–Crippen LogP) is 2.18. The van der Waals surface area contributed by atoms with E-state index >= 15 is 0 Å². The van der Waals surface area contributed by atoms with Crippen molar-refractivity contribution in [1.29, 1.82) is 0 Å². The van der Waals surface area contributed by atoms with Crippen LogP contribution in [0.1, 0.15) is 19.4 Å². The number of rotatable bonds is 1. The van der Waals surface area contributed by atoms with Gasteiger partial charge in [0.2, 0.25) is 0 Å². The van der Waals surface area contributed by atoms with Crippen LogP contribution in [0.3, 0.4) is 0 Å². The van der Waals surface area contributed by atoms with Crippen LogP contribution in [0, 0.1) is 0 Å². The largest absolute Gasteiger partial charge is 0.384 e. The monoisotopic (exact) mass is 245 g/mol. The van der Waals surface area contributed by atoms with E-state index in [-0.39, 0.29) is 0 Å².